The highest BCUT2D eigenvalue weighted by Gasteiger charge is 2.29. The topological polar surface area (TPSA) is 62.3 Å². The van der Waals surface area contributed by atoms with Crippen molar-refractivity contribution in [2.45, 2.75) is 25.9 Å². The molecule has 0 unspecified atom stereocenters. The molecule has 1 fully saturated rings. The van der Waals surface area contributed by atoms with Crippen molar-refractivity contribution in [1.29, 1.82) is 0 Å². The molecule has 1 saturated heterocycles. The predicted molar refractivity (Wildman–Crippen MR) is 92.6 cm³/mol. The number of benzene rings is 1. The average Bonchev–Trinajstić information content (AvgIpc) is 2.52. The van der Waals surface area contributed by atoms with Gasteiger partial charge in [0.15, 0.2) is 0 Å². The van der Waals surface area contributed by atoms with Gasteiger partial charge in [0.1, 0.15) is 0 Å². The van der Waals surface area contributed by atoms with Gasteiger partial charge >= 0.3 is 0 Å². The van der Waals surface area contributed by atoms with Crippen LogP contribution in [0, 0.1) is 5.92 Å². The van der Waals surface area contributed by atoms with E-state index in [9.17, 15) is 8.42 Å². The molecule has 1 aliphatic rings. The van der Waals surface area contributed by atoms with Gasteiger partial charge in [0.2, 0.25) is 10.0 Å². The van der Waals surface area contributed by atoms with Crippen LogP contribution in [-0.2, 0) is 16.6 Å². The maximum absolute atomic E-state index is 11.6. The van der Waals surface area contributed by atoms with Crippen LogP contribution in [0.5, 0.6) is 0 Å². The molecule has 124 valence electrons. The minimum Gasteiger partial charge on any atom is -0.310 e. The van der Waals surface area contributed by atoms with Gasteiger partial charge < -0.3 is 5.32 Å². The molecule has 1 aliphatic heterocycles. The van der Waals surface area contributed by atoms with Gasteiger partial charge in [-0.1, -0.05) is 19.1 Å². The lowest BCUT2D eigenvalue weighted by Crippen LogP contribution is -2.49. The van der Waals surface area contributed by atoms with E-state index in [0.717, 1.165) is 23.9 Å². The molecule has 6 heteroatoms. The van der Waals surface area contributed by atoms with E-state index in [1.54, 1.807) is 10.5 Å². The summed E-state index contributed by atoms with van der Waals surface area (Å²) < 4.78 is 24.9. The molecule has 0 radical (unpaired) electrons. The summed E-state index contributed by atoms with van der Waals surface area (Å²) in [6, 6.07) is 10.7. The summed E-state index contributed by atoms with van der Waals surface area (Å²) in [5.74, 6) is 0.306. The van der Waals surface area contributed by atoms with Crippen LogP contribution in [0.4, 0.5) is 0 Å². The van der Waals surface area contributed by atoms with Crippen LogP contribution in [0.15, 0.2) is 36.5 Å². The second-order valence-electron chi connectivity index (χ2n) is 6.40. The van der Waals surface area contributed by atoms with Crippen molar-refractivity contribution in [3.63, 3.8) is 0 Å². The van der Waals surface area contributed by atoms with Crippen molar-refractivity contribution in [1.82, 2.24) is 14.6 Å². The van der Waals surface area contributed by atoms with Crippen LogP contribution in [0.25, 0.3) is 10.9 Å². The van der Waals surface area contributed by atoms with Gasteiger partial charge in [0.05, 0.1) is 11.8 Å². The number of rotatable bonds is 4. The van der Waals surface area contributed by atoms with Crippen molar-refractivity contribution in [3.05, 3.63) is 42.1 Å². The maximum atomic E-state index is 11.6. The van der Waals surface area contributed by atoms with Gasteiger partial charge in [-0.3, -0.25) is 4.98 Å². The maximum Gasteiger partial charge on any atom is 0.211 e. The molecule has 2 atom stereocenters. The summed E-state index contributed by atoms with van der Waals surface area (Å²) in [4.78, 5) is 4.33. The van der Waals surface area contributed by atoms with Gasteiger partial charge in [-0.25, -0.2) is 12.7 Å². The fourth-order valence-corrected chi connectivity index (χ4v) is 4.14. The largest absolute Gasteiger partial charge is 0.310 e. The summed E-state index contributed by atoms with van der Waals surface area (Å²) in [6.07, 6.45) is 3.94. The number of aromatic nitrogens is 1. The number of piperidine rings is 1. The van der Waals surface area contributed by atoms with Crippen LogP contribution >= 0.6 is 0 Å². The number of nitrogens with zero attached hydrogens (tertiary/aromatic N) is 2. The molecule has 0 amide bonds. The molecule has 1 aromatic carbocycles. The quantitative estimate of drug-likeness (QED) is 0.929. The second kappa shape index (κ2) is 6.55. The van der Waals surface area contributed by atoms with E-state index < -0.39 is 10.0 Å². The lowest BCUT2D eigenvalue weighted by molar-refractivity contribution is 0.220. The highest BCUT2D eigenvalue weighted by molar-refractivity contribution is 7.88. The Morgan fingerprint density at radius 2 is 2.17 bits per heavy atom. The molecular weight excluding hydrogens is 310 g/mol. The average molecular weight is 333 g/mol. The van der Waals surface area contributed by atoms with Gasteiger partial charge in [-0.2, -0.15) is 0 Å². The van der Waals surface area contributed by atoms with Crippen LogP contribution in [0.2, 0.25) is 0 Å². The summed E-state index contributed by atoms with van der Waals surface area (Å²) in [5, 5.41) is 4.73. The second-order valence-corrected chi connectivity index (χ2v) is 8.39. The lowest BCUT2D eigenvalue weighted by Gasteiger charge is -2.36. The van der Waals surface area contributed by atoms with E-state index in [1.165, 1.54) is 11.8 Å². The third-order valence-corrected chi connectivity index (χ3v) is 5.84. The Balaban J connectivity index is 1.61. The predicted octanol–water partition coefficient (Wildman–Crippen LogP) is 1.99. The van der Waals surface area contributed by atoms with Gasteiger partial charge in [-0.15, -0.1) is 0 Å². The van der Waals surface area contributed by atoms with E-state index in [-0.39, 0.29) is 0 Å². The first-order chi connectivity index (χ1) is 10.9. The summed E-state index contributed by atoms with van der Waals surface area (Å²) in [6.45, 7) is 4.10. The van der Waals surface area contributed by atoms with E-state index in [4.69, 9.17) is 0 Å². The summed E-state index contributed by atoms with van der Waals surface area (Å²) in [5.41, 5.74) is 2.23. The first-order valence-corrected chi connectivity index (χ1v) is 9.80. The third kappa shape index (κ3) is 3.88. The first-order valence-electron chi connectivity index (χ1n) is 7.95. The zero-order chi connectivity index (χ0) is 16.4. The lowest BCUT2D eigenvalue weighted by atomic mass is 9.95. The Kier molecular flexibility index (Phi) is 4.66. The first kappa shape index (κ1) is 16.4. The Labute approximate surface area is 137 Å². The van der Waals surface area contributed by atoms with Crippen LogP contribution in [-0.4, -0.2) is 43.1 Å². The smallest absolute Gasteiger partial charge is 0.211 e. The molecule has 1 aromatic heterocycles. The van der Waals surface area contributed by atoms with E-state index in [2.05, 4.69) is 35.4 Å². The molecule has 5 nitrogen and oxygen atoms in total. The number of sulfonamides is 1. The number of hydrogen-bond acceptors (Lipinski definition) is 4. The minimum absolute atomic E-state index is 0.306. The number of nitrogens with one attached hydrogen (secondary N) is 1. The van der Waals surface area contributed by atoms with Crippen LogP contribution < -0.4 is 5.32 Å². The SMILES string of the molecule is C[C@H]1CN(S(C)(=O)=O)CC[C@@H]1NCc1ccc2ncccc2c1. The molecule has 0 spiro atoms. The number of fused-ring (bicyclic) bond motifs is 1. The van der Waals surface area contributed by atoms with Gasteiger partial charge in [0, 0.05) is 37.3 Å². The highest BCUT2D eigenvalue weighted by Crippen LogP contribution is 2.20. The standard InChI is InChI=1S/C17H23N3O2S/c1-13-12-20(23(2,21)22)9-7-16(13)19-11-14-5-6-17-15(10-14)4-3-8-18-17/h3-6,8,10,13,16,19H,7,9,11-12H2,1-2H3/t13-,16-/m0/s1. The molecule has 23 heavy (non-hydrogen) atoms. The molecule has 2 heterocycles. The normalized spacial score (nSPS) is 23.2. The minimum atomic E-state index is -3.08. The van der Waals surface area contributed by atoms with E-state index in [1.807, 2.05) is 12.1 Å². The van der Waals surface area contributed by atoms with Crippen molar-refractivity contribution in [2.24, 2.45) is 5.92 Å². The zero-order valence-corrected chi connectivity index (χ0v) is 14.4. The van der Waals surface area contributed by atoms with Crippen molar-refractivity contribution >= 4 is 20.9 Å². The Morgan fingerprint density at radius 1 is 1.35 bits per heavy atom. The van der Waals surface area contributed by atoms with E-state index in [0.29, 0.717) is 25.0 Å². The monoisotopic (exact) mass is 333 g/mol. The Morgan fingerprint density at radius 3 is 2.91 bits per heavy atom. The Hall–Kier alpha value is -1.50. The van der Waals surface area contributed by atoms with Gasteiger partial charge in [-0.05, 0) is 36.1 Å². The molecule has 1 N–H and O–H groups in total. The number of pyridine rings is 1. The zero-order valence-electron chi connectivity index (χ0n) is 13.6. The molecule has 3 rings (SSSR count). The van der Waals surface area contributed by atoms with Crippen molar-refractivity contribution in [3.8, 4) is 0 Å². The van der Waals surface area contributed by atoms with Crippen molar-refractivity contribution < 1.29 is 8.42 Å². The van der Waals surface area contributed by atoms with Crippen molar-refractivity contribution in [2.75, 3.05) is 19.3 Å². The van der Waals surface area contributed by atoms with E-state index >= 15 is 0 Å². The summed E-state index contributed by atoms with van der Waals surface area (Å²) >= 11 is 0. The molecular formula is C17H23N3O2S. The fourth-order valence-electron chi connectivity index (χ4n) is 3.20. The van der Waals surface area contributed by atoms with Crippen LogP contribution in [0.3, 0.4) is 0 Å². The van der Waals surface area contributed by atoms with Crippen LogP contribution in [0.1, 0.15) is 18.9 Å². The fraction of sp³-hybridized carbons (Fsp3) is 0.471. The Bertz CT molecular complexity index is 791. The third-order valence-electron chi connectivity index (χ3n) is 4.57. The summed E-state index contributed by atoms with van der Waals surface area (Å²) in [7, 11) is -3.08. The van der Waals surface area contributed by atoms with Gasteiger partial charge in [0.25, 0.3) is 0 Å². The number of hydrogen-bond donors (Lipinski definition) is 1. The molecule has 0 saturated carbocycles. The highest BCUT2D eigenvalue weighted by atomic mass is 32.2. The molecule has 2 aromatic rings. The molecule has 0 aliphatic carbocycles. The molecule has 0 bridgehead atoms.